The number of methoxy groups -OCH3 is 1. The molecular weight excluding hydrogens is 224 g/mol. The van der Waals surface area contributed by atoms with E-state index in [1.54, 1.807) is 7.11 Å². The fourth-order valence-electron chi connectivity index (χ4n) is 2.13. The van der Waals surface area contributed by atoms with Crippen molar-refractivity contribution < 1.29 is 9.53 Å². The lowest BCUT2D eigenvalue weighted by Gasteiger charge is -2.11. The van der Waals surface area contributed by atoms with Crippen LogP contribution < -0.4 is 0 Å². The number of benzene rings is 2. The normalized spacial score (nSPS) is 12.6. The Hall–Kier alpha value is -1.67. The van der Waals surface area contributed by atoms with Crippen LogP contribution in [0, 0.1) is 5.92 Å². The summed E-state index contributed by atoms with van der Waals surface area (Å²) < 4.78 is 5.03. The van der Waals surface area contributed by atoms with Gasteiger partial charge in [0.15, 0.2) is 5.78 Å². The van der Waals surface area contributed by atoms with Gasteiger partial charge in [-0.1, -0.05) is 49.4 Å². The first kappa shape index (κ1) is 12.8. The van der Waals surface area contributed by atoms with Crippen molar-refractivity contribution in [2.45, 2.75) is 13.3 Å². The summed E-state index contributed by atoms with van der Waals surface area (Å²) >= 11 is 0. The molecule has 0 bridgehead atoms. The van der Waals surface area contributed by atoms with Gasteiger partial charge in [0.1, 0.15) is 0 Å². The molecule has 0 saturated heterocycles. The van der Waals surface area contributed by atoms with E-state index in [-0.39, 0.29) is 11.7 Å². The molecule has 2 rings (SSSR count). The lowest BCUT2D eigenvalue weighted by atomic mass is 9.93. The van der Waals surface area contributed by atoms with E-state index in [9.17, 15) is 4.79 Å². The summed E-state index contributed by atoms with van der Waals surface area (Å²) in [5, 5.41) is 2.15. The number of carbonyl (C=O) groups is 1. The highest BCUT2D eigenvalue weighted by molar-refractivity contribution is 6.08. The van der Waals surface area contributed by atoms with Crippen molar-refractivity contribution in [3.05, 3.63) is 48.0 Å². The Morgan fingerprint density at radius 3 is 2.67 bits per heavy atom. The second-order valence-electron chi connectivity index (χ2n) is 4.57. The van der Waals surface area contributed by atoms with Crippen LogP contribution in [-0.2, 0) is 4.74 Å². The van der Waals surface area contributed by atoms with Crippen molar-refractivity contribution in [1.29, 1.82) is 0 Å². The monoisotopic (exact) mass is 242 g/mol. The van der Waals surface area contributed by atoms with E-state index in [0.29, 0.717) is 6.61 Å². The Balaban J connectivity index is 2.33. The van der Waals surface area contributed by atoms with E-state index >= 15 is 0 Å². The van der Waals surface area contributed by atoms with Crippen LogP contribution in [0.4, 0.5) is 0 Å². The number of Topliss-reactive ketones (excluding diaryl/α,β-unsaturated/α-hetero) is 1. The SMILES string of the molecule is COCCC(C)C(=O)c1cccc2ccccc12. The summed E-state index contributed by atoms with van der Waals surface area (Å²) in [6, 6.07) is 13.9. The molecule has 0 aromatic heterocycles. The zero-order valence-corrected chi connectivity index (χ0v) is 10.8. The highest BCUT2D eigenvalue weighted by Crippen LogP contribution is 2.22. The van der Waals surface area contributed by atoms with Crippen molar-refractivity contribution >= 4 is 16.6 Å². The summed E-state index contributed by atoms with van der Waals surface area (Å²) in [4.78, 5) is 12.4. The summed E-state index contributed by atoms with van der Waals surface area (Å²) in [6.45, 7) is 2.58. The van der Waals surface area contributed by atoms with Crippen LogP contribution >= 0.6 is 0 Å². The fourth-order valence-corrected chi connectivity index (χ4v) is 2.13. The minimum atomic E-state index is -0.00393. The molecule has 2 aromatic carbocycles. The van der Waals surface area contributed by atoms with E-state index in [1.807, 2.05) is 49.4 Å². The number of hydrogen-bond acceptors (Lipinski definition) is 2. The Labute approximate surface area is 108 Å². The van der Waals surface area contributed by atoms with Crippen molar-refractivity contribution in [1.82, 2.24) is 0 Å². The zero-order chi connectivity index (χ0) is 13.0. The smallest absolute Gasteiger partial charge is 0.166 e. The second kappa shape index (κ2) is 5.78. The predicted octanol–water partition coefficient (Wildman–Crippen LogP) is 3.70. The number of ketones is 1. The first-order chi connectivity index (χ1) is 8.74. The largest absolute Gasteiger partial charge is 0.385 e. The standard InChI is InChI=1S/C16H18O2/c1-12(10-11-18-2)16(17)15-9-5-7-13-6-3-4-8-14(13)15/h3-9,12H,10-11H2,1-2H3. The van der Waals surface area contributed by atoms with E-state index in [0.717, 1.165) is 22.8 Å². The molecular formula is C16H18O2. The molecule has 0 aliphatic rings. The molecule has 0 aliphatic heterocycles. The molecule has 0 aliphatic carbocycles. The molecule has 0 saturated carbocycles. The van der Waals surface area contributed by atoms with Gasteiger partial charge in [-0.25, -0.2) is 0 Å². The molecule has 1 atom stereocenters. The highest BCUT2D eigenvalue weighted by Gasteiger charge is 2.16. The number of carbonyl (C=O) groups excluding carboxylic acids is 1. The quantitative estimate of drug-likeness (QED) is 0.747. The third-order valence-corrected chi connectivity index (χ3v) is 3.26. The molecule has 0 fully saturated rings. The lowest BCUT2D eigenvalue weighted by molar-refractivity contribution is 0.0895. The van der Waals surface area contributed by atoms with Gasteiger partial charge >= 0.3 is 0 Å². The van der Waals surface area contributed by atoms with Crippen LogP contribution in [0.3, 0.4) is 0 Å². The maximum atomic E-state index is 12.4. The van der Waals surface area contributed by atoms with Gasteiger partial charge in [-0.3, -0.25) is 4.79 Å². The van der Waals surface area contributed by atoms with Crippen LogP contribution in [0.15, 0.2) is 42.5 Å². The topological polar surface area (TPSA) is 26.3 Å². The molecule has 1 unspecified atom stereocenters. The minimum absolute atomic E-state index is 0.00393. The first-order valence-electron chi connectivity index (χ1n) is 6.25. The van der Waals surface area contributed by atoms with E-state index in [1.165, 1.54) is 0 Å². The van der Waals surface area contributed by atoms with Gasteiger partial charge in [0, 0.05) is 25.2 Å². The van der Waals surface area contributed by atoms with Gasteiger partial charge in [0.2, 0.25) is 0 Å². The van der Waals surface area contributed by atoms with Gasteiger partial charge < -0.3 is 4.74 Å². The van der Waals surface area contributed by atoms with Gasteiger partial charge in [-0.2, -0.15) is 0 Å². The Morgan fingerprint density at radius 2 is 1.89 bits per heavy atom. The molecule has 2 aromatic rings. The lowest BCUT2D eigenvalue weighted by Crippen LogP contribution is -2.13. The third-order valence-electron chi connectivity index (χ3n) is 3.26. The molecule has 0 heterocycles. The summed E-state index contributed by atoms with van der Waals surface area (Å²) in [6.07, 6.45) is 0.762. The highest BCUT2D eigenvalue weighted by atomic mass is 16.5. The van der Waals surface area contributed by atoms with Gasteiger partial charge in [0.25, 0.3) is 0 Å². The van der Waals surface area contributed by atoms with Crippen LogP contribution in [-0.4, -0.2) is 19.5 Å². The Morgan fingerprint density at radius 1 is 1.17 bits per heavy atom. The van der Waals surface area contributed by atoms with Gasteiger partial charge in [-0.05, 0) is 17.2 Å². The average Bonchev–Trinajstić information content (AvgIpc) is 2.43. The minimum Gasteiger partial charge on any atom is -0.385 e. The molecule has 94 valence electrons. The van der Waals surface area contributed by atoms with Crippen molar-refractivity contribution in [3.63, 3.8) is 0 Å². The Kier molecular flexibility index (Phi) is 4.11. The van der Waals surface area contributed by atoms with Crippen LogP contribution in [0.5, 0.6) is 0 Å². The van der Waals surface area contributed by atoms with Crippen molar-refractivity contribution in [2.75, 3.05) is 13.7 Å². The molecule has 0 amide bonds. The maximum Gasteiger partial charge on any atom is 0.166 e. The summed E-state index contributed by atoms with van der Waals surface area (Å²) in [7, 11) is 1.66. The zero-order valence-electron chi connectivity index (χ0n) is 10.8. The van der Waals surface area contributed by atoms with Crippen LogP contribution in [0.25, 0.3) is 10.8 Å². The molecule has 18 heavy (non-hydrogen) atoms. The summed E-state index contributed by atoms with van der Waals surface area (Å²) in [5.41, 5.74) is 0.816. The number of hydrogen-bond donors (Lipinski definition) is 0. The van der Waals surface area contributed by atoms with E-state index in [4.69, 9.17) is 4.74 Å². The predicted molar refractivity (Wildman–Crippen MR) is 73.9 cm³/mol. The molecule has 2 heteroatoms. The number of rotatable bonds is 5. The average molecular weight is 242 g/mol. The maximum absolute atomic E-state index is 12.4. The molecule has 0 spiro atoms. The molecule has 0 N–H and O–H groups in total. The van der Waals surface area contributed by atoms with E-state index < -0.39 is 0 Å². The van der Waals surface area contributed by atoms with Crippen LogP contribution in [0.1, 0.15) is 23.7 Å². The Bertz CT molecular complexity index is 540. The first-order valence-corrected chi connectivity index (χ1v) is 6.25. The molecule has 0 radical (unpaired) electrons. The number of fused-ring (bicyclic) bond motifs is 1. The second-order valence-corrected chi connectivity index (χ2v) is 4.57. The summed E-state index contributed by atoms with van der Waals surface area (Å²) in [5.74, 6) is 0.194. The number of ether oxygens (including phenoxy) is 1. The van der Waals surface area contributed by atoms with Gasteiger partial charge in [0.05, 0.1) is 0 Å². The van der Waals surface area contributed by atoms with E-state index in [2.05, 4.69) is 0 Å². The molecule has 2 nitrogen and oxygen atoms in total. The van der Waals surface area contributed by atoms with Crippen LogP contribution in [0.2, 0.25) is 0 Å². The fraction of sp³-hybridized carbons (Fsp3) is 0.312. The van der Waals surface area contributed by atoms with Crippen molar-refractivity contribution in [2.24, 2.45) is 5.92 Å². The van der Waals surface area contributed by atoms with Gasteiger partial charge in [-0.15, -0.1) is 0 Å². The third kappa shape index (κ3) is 2.59. The van der Waals surface area contributed by atoms with Crippen molar-refractivity contribution in [3.8, 4) is 0 Å².